The van der Waals surface area contributed by atoms with Crippen molar-refractivity contribution < 1.29 is 26.4 Å². The van der Waals surface area contributed by atoms with E-state index in [9.17, 15) is 26.4 Å². The lowest BCUT2D eigenvalue weighted by Gasteiger charge is -2.33. The SMILES string of the molecule is NS(=O)(=O)c1ccc(NC(=O)c2nn3c(c2Br)N[C@@H](c2ccccc2)C[C@@H]3C(F)(F)F)cc1. The summed E-state index contributed by atoms with van der Waals surface area (Å²) in [5, 5.41) is 14.5. The molecule has 1 aliphatic heterocycles. The number of amides is 1. The molecule has 0 radical (unpaired) electrons. The lowest BCUT2D eigenvalue weighted by Crippen LogP contribution is -2.35. The van der Waals surface area contributed by atoms with Crippen LogP contribution in [-0.2, 0) is 10.0 Å². The zero-order valence-corrected chi connectivity index (χ0v) is 19.1. The molecule has 1 aromatic heterocycles. The monoisotopic (exact) mass is 543 g/mol. The average molecular weight is 544 g/mol. The third-order valence-corrected chi connectivity index (χ3v) is 6.83. The van der Waals surface area contributed by atoms with Crippen LogP contribution in [-0.4, -0.2) is 30.3 Å². The minimum Gasteiger partial charge on any atom is -0.362 e. The summed E-state index contributed by atoms with van der Waals surface area (Å²) in [5.74, 6) is -0.738. The number of anilines is 2. The second-order valence-corrected chi connectivity index (χ2v) is 9.73. The molecular weight excluding hydrogens is 527 g/mol. The van der Waals surface area contributed by atoms with Gasteiger partial charge in [0.1, 0.15) is 5.82 Å². The molecule has 4 rings (SSSR count). The van der Waals surface area contributed by atoms with Gasteiger partial charge in [-0.3, -0.25) is 4.79 Å². The van der Waals surface area contributed by atoms with E-state index in [1.54, 1.807) is 30.3 Å². The van der Waals surface area contributed by atoms with Crippen molar-refractivity contribution in [2.24, 2.45) is 5.14 Å². The third kappa shape index (κ3) is 4.75. The Labute approximate surface area is 195 Å². The number of alkyl halides is 3. The first-order valence-corrected chi connectivity index (χ1v) is 11.9. The van der Waals surface area contributed by atoms with E-state index in [4.69, 9.17) is 5.14 Å². The Balaban J connectivity index is 1.65. The first-order chi connectivity index (χ1) is 15.4. The molecule has 0 bridgehead atoms. The second-order valence-electron chi connectivity index (χ2n) is 7.38. The maximum absolute atomic E-state index is 13.9. The van der Waals surface area contributed by atoms with Crippen molar-refractivity contribution >= 4 is 43.4 Å². The first kappa shape index (κ1) is 23.3. The molecule has 2 aromatic carbocycles. The zero-order chi connectivity index (χ0) is 24.0. The maximum atomic E-state index is 13.9. The summed E-state index contributed by atoms with van der Waals surface area (Å²) in [6.45, 7) is 0. The molecule has 0 saturated heterocycles. The van der Waals surface area contributed by atoms with Crippen LogP contribution in [0.5, 0.6) is 0 Å². The summed E-state index contributed by atoms with van der Waals surface area (Å²) in [4.78, 5) is 12.6. The number of carbonyl (C=O) groups is 1. The Kier molecular flexibility index (Phi) is 5.97. The number of hydrogen-bond acceptors (Lipinski definition) is 5. The Morgan fingerprint density at radius 3 is 2.36 bits per heavy atom. The molecule has 2 atom stereocenters. The number of nitrogens with zero attached hydrogens (tertiary/aromatic N) is 2. The maximum Gasteiger partial charge on any atom is 0.410 e. The lowest BCUT2D eigenvalue weighted by atomic mass is 9.97. The minimum atomic E-state index is -4.59. The number of fused-ring (bicyclic) bond motifs is 1. The smallest absolute Gasteiger partial charge is 0.362 e. The number of halogens is 4. The topological polar surface area (TPSA) is 119 Å². The van der Waals surface area contributed by atoms with Crippen LogP contribution < -0.4 is 15.8 Å². The number of primary sulfonamides is 1. The van der Waals surface area contributed by atoms with Gasteiger partial charge in [0, 0.05) is 12.1 Å². The highest BCUT2D eigenvalue weighted by atomic mass is 79.9. The minimum absolute atomic E-state index is 0.0344. The number of nitrogens with two attached hydrogens (primary N) is 1. The lowest BCUT2D eigenvalue weighted by molar-refractivity contribution is -0.173. The van der Waals surface area contributed by atoms with Crippen LogP contribution in [0.25, 0.3) is 0 Å². The summed E-state index contributed by atoms with van der Waals surface area (Å²) in [7, 11) is -3.91. The molecule has 2 heterocycles. The van der Waals surface area contributed by atoms with E-state index in [0.717, 1.165) is 4.68 Å². The average Bonchev–Trinajstić information content (AvgIpc) is 3.09. The molecule has 174 valence electrons. The van der Waals surface area contributed by atoms with Crippen molar-refractivity contribution in [1.29, 1.82) is 0 Å². The number of hydrogen-bond donors (Lipinski definition) is 3. The van der Waals surface area contributed by atoms with Gasteiger partial charge < -0.3 is 10.6 Å². The Hall–Kier alpha value is -2.90. The summed E-state index contributed by atoms with van der Waals surface area (Å²) >= 11 is 3.21. The van der Waals surface area contributed by atoms with Gasteiger partial charge in [-0.15, -0.1) is 0 Å². The van der Waals surface area contributed by atoms with Gasteiger partial charge in [0.25, 0.3) is 5.91 Å². The van der Waals surface area contributed by atoms with Crippen molar-refractivity contribution in [2.45, 2.75) is 29.6 Å². The standard InChI is InChI=1S/C20H17BrF3N5O3S/c21-16-17(19(30)26-12-6-8-13(9-7-12)33(25,31)32)28-29-15(20(22,23)24)10-14(27-18(16)29)11-4-2-1-3-5-11/h1-9,14-15,27H,10H2,(H,26,30)(H2,25,31,32)/t14-,15-/m1/s1. The molecule has 13 heteroatoms. The van der Waals surface area contributed by atoms with Crippen LogP contribution in [0.1, 0.15) is 34.6 Å². The van der Waals surface area contributed by atoms with E-state index >= 15 is 0 Å². The van der Waals surface area contributed by atoms with Crippen molar-refractivity contribution in [3.8, 4) is 0 Å². The number of benzene rings is 2. The molecule has 1 amide bonds. The van der Waals surface area contributed by atoms with Gasteiger partial charge in [0.15, 0.2) is 11.7 Å². The number of nitrogens with one attached hydrogen (secondary N) is 2. The number of sulfonamides is 1. The highest BCUT2D eigenvalue weighted by Gasteiger charge is 2.47. The number of carbonyl (C=O) groups excluding carboxylic acids is 1. The molecule has 33 heavy (non-hydrogen) atoms. The Morgan fingerprint density at radius 2 is 1.79 bits per heavy atom. The van der Waals surface area contributed by atoms with Gasteiger partial charge in [-0.2, -0.15) is 18.3 Å². The van der Waals surface area contributed by atoms with Crippen molar-refractivity contribution in [3.05, 3.63) is 70.3 Å². The van der Waals surface area contributed by atoms with Crippen molar-refractivity contribution in [2.75, 3.05) is 10.6 Å². The predicted octanol–water partition coefficient (Wildman–Crippen LogP) is 4.21. The van der Waals surface area contributed by atoms with Crippen molar-refractivity contribution in [1.82, 2.24) is 9.78 Å². The van der Waals surface area contributed by atoms with Crippen LogP contribution >= 0.6 is 15.9 Å². The van der Waals surface area contributed by atoms with Gasteiger partial charge >= 0.3 is 6.18 Å². The summed E-state index contributed by atoms with van der Waals surface area (Å²) in [5.41, 5.74) is 0.635. The molecule has 8 nitrogen and oxygen atoms in total. The highest BCUT2D eigenvalue weighted by Crippen LogP contribution is 2.46. The van der Waals surface area contributed by atoms with Crippen LogP contribution in [0.3, 0.4) is 0 Å². The Morgan fingerprint density at radius 1 is 1.15 bits per heavy atom. The van der Waals surface area contributed by atoms with Crippen LogP contribution in [0.15, 0.2) is 64.0 Å². The van der Waals surface area contributed by atoms with E-state index in [0.29, 0.717) is 5.56 Å². The largest absolute Gasteiger partial charge is 0.410 e. The van der Waals surface area contributed by atoms with Gasteiger partial charge in [-0.25, -0.2) is 18.2 Å². The van der Waals surface area contributed by atoms with E-state index in [-0.39, 0.29) is 33.0 Å². The zero-order valence-electron chi connectivity index (χ0n) is 16.7. The molecule has 0 aliphatic carbocycles. The fraction of sp³-hybridized carbons (Fsp3) is 0.200. The molecule has 0 unspecified atom stereocenters. The molecule has 3 aromatic rings. The fourth-order valence-electron chi connectivity index (χ4n) is 3.56. The van der Waals surface area contributed by atoms with E-state index in [1.165, 1.54) is 24.3 Å². The molecule has 0 spiro atoms. The number of rotatable bonds is 4. The Bertz CT molecular complexity index is 1290. The second kappa shape index (κ2) is 8.47. The molecule has 0 saturated carbocycles. The molecular formula is C20H17BrF3N5O3S. The summed E-state index contributed by atoms with van der Waals surface area (Å²) in [6.07, 6.45) is -4.89. The van der Waals surface area contributed by atoms with Gasteiger partial charge in [-0.1, -0.05) is 30.3 Å². The van der Waals surface area contributed by atoms with Gasteiger partial charge in [0.05, 0.1) is 15.4 Å². The van der Waals surface area contributed by atoms with Gasteiger partial charge in [0.2, 0.25) is 10.0 Å². The van der Waals surface area contributed by atoms with Gasteiger partial charge in [-0.05, 0) is 45.8 Å². The normalized spacial score (nSPS) is 18.3. The quantitative estimate of drug-likeness (QED) is 0.455. The molecule has 4 N–H and O–H groups in total. The molecule has 0 fully saturated rings. The highest BCUT2D eigenvalue weighted by molar-refractivity contribution is 9.10. The number of aromatic nitrogens is 2. The predicted molar refractivity (Wildman–Crippen MR) is 118 cm³/mol. The van der Waals surface area contributed by atoms with E-state index in [2.05, 4.69) is 31.7 Å². The van der Waals surface area contributed by atoms with E-state index < -0.39 is 34.2 Å². The van der Waals surface area contributed by atoms with Crippen molar-refractivity contribution in [3.63, 3.8) is 0 Å². The van der Waals surface area contributed by atoms with E-state index in [1.807, 2.05) is 0 Å². The van der Waals surface area contributed by atoms with Crippen LogP contribution in [0.4, 0.5) is 24.7 Å². The fourth-order valence-corrected chi connectivity index (χ4v) is 4.63. The summed E-state index contributed by atoms with van der Waals surface area (Å²) < 4.78 is 65.2. The van der Waals surface area contributed by atoms with Crippen LogP contribution in [0, 0.1) is 0 Å². The first-order valence-electron chi connectivity index (χ1n) is 9.55. The summed E-state index contributed by atoms with van der Waals surface area (Å²) in [6, 6.07) is 11.1. The van der Waals surface area contributed by atoms with Crippen LogP contribution in [0.2, 0.25) is 0 Å². The third-order valence-electron chi connectivity index (χ3n) is 5.15. The molecule has 1 aliphatic rings.